The topological polar surface area (TPSA) is 74.4 Å². The second-order valence-electron chi connectivity index (χ2n) is 11.0. The molecule has 2 aromatic heterocycles. The molecule has 5 rings (SSSR count). The van der Waals surface area contributed by atoms with E-state index in [0.29, 0.717) is 12.6 Å². The van der Waals surface area contributed by atoms with E-state index in [0.717, 1.165) is 76.9 Å². The lowest BCUT2D eigenvalue weighted by atomic mass is 9.97. The number of dihydropyridines is 1. The first kappa shape index (κ1) is 26.8. The first-order chi connectivity index (χ1) is 18.6. The molecule has 2 aliphatic rings. The number of anilines is 1. The number of aryl methyl sites for hydroxylation is 1. The smallest absolute Gasteiger partial charge is 0.128 e. The lowest BCUT2D eigenvalue weighted by Gasteiger charge is -2.28. The highest BCUT2D eigenvalue weighted by molar-refractivity contribution is 5.98. The fourth-order valence-corrected chi connectivity index (χ4v) is 5.69. The van der Waals surface area contributed by atoms with Gasteiger partial charge in [-0.1, -0.05) is 13.2 Å². The molecule has 2 aliphatic heterocycles. The van der Waals surface area contributed by atoms with Crippen molar-refractivity contribution in [2.45, 2.75) is 40.7 Å². The number of hydrogen-bond donors (Lipinski definition) is 3. The van der Waals surface area contributed by atoms with Crippen molar-refractivity contribution >= 4 is 22.4 Å². The van der Waals surface area contributed by atoms with Crippen molar-refractivity contribution in [3.8, 4) is 11.1 Å². The summed E-state index contributed by atoms with van der Waals surface area (Å²) in [5.41, 5.74) is 10.6. The van der Waals surface area contributed by atoms with E-state index in [9.17, 15) is 0 Å². The van der Waals surface area contributed by atoms with Crippen LogP contribution in [0.4, 0.5) is 5.82 Å². The Hall–Kier alpha value is -3.81. The summed E-state index contributed by atoms with van der Waals surface area (Å²) in [6, 6.07) is 9.11. The minimum atomic E-state index is 0.319. The molecule has 0 radical (unpaired) electrons. The summed E-state index contributed by atoms with van der Waals surface area (Å²) in [6.07, 6.45) is 6.35. The molecular formula is C32H41N7. The van der Waals surface area contributed by atoms with Crippen LogP contribution in [-0.4, -0.2) is 47.3 Å². The zero-order valence-electron chi connectivity index (χ0n) is 23.9. The lowest BCUT2D eigenvalue weighted by Crippen LogP contribution is -2.43. The highest BCUT2D eigenvalue weighted by atomic mass is 15.4. The van der Waals surface area contributed by atoms with Gasteiger partial charge < -0.3 is 25.1 Å². The van der Waals surface area contributed by atoms with Crippen LogP contribution in [0.25, 0.3) is 27.7 Å². The van der Waals surface area contributed by atoms with Crippen LogP contribution in [0.2, 0.25) is 0 Å². The zero-order valence-corrected chi connectivity index (χ0v) is 23.9. The number of nitrogens with two attached hydrogens (primary N) is 1. The Morgan fingerprint density at radius 2 is 1.87 bits per heavy atom. The molecule has 7 heteroatoms. The van der Waals surface area contributed by atoms with Crippen molar-refractivity contribution in [2.75, 3.05) is 37.6 Å². The highest BCUT2D eigenvalue weighted by Gasteiger charge is 2.21. The number of hydrogen-bond acceptors (Lipinski definition) is 6. The molecule has 1 fully saturated rings. The van der Waals surface area contributed by atoms with Crippen LogP contribution in [0.5, 0.6) is 0 Å². The third-order valence-electron chi connectivity index (χ3n) is 7.81. The molecular weight excluding hydrogens is 482 g/mol. The molecule has 0 saturated carbocycles. The van der Waals surface area contributed by atoms with Gasteiger partial charge in [0.1, 0.15) is 5.82 Å². The fraction of sp³-hybridized carbons (Fsp3) is 0.344. The number of aromatic nitrogens is 2. The van der Waals surface area contributed by atoms with Crippen molar-refractivity contribution in [1.82, 2.24) is 25.2 Å². The fourth-order valence-electron chi connectivity index (χ4n) is 5.69. The normalized spacial score (nSPS) is 16.1. The first-order valence-corrected chi connectivity index (χ1v) is 13.8. The average Bonchev–Trinajstić information content (AvgIpc) is 3.27. The van der Waals surface area contributed by atoms with Crippen LogP contribution in [0.1, 0.15) is 44.9 Å². The van der Waals surface area contributed by atoms with Gasteiger partial charge in [0.05, 0.1) is 12.2 Å². The molecule has 0 aliphatic carbocycles. The van der Waals surface area contributed by atoms with E-state index in [1.165, 1.54) is 16.5 Å². The maximum absolute atomic E-state index is 6.72. The molecule has 0 amide bonds. The minimum absolute atomic E-state index is 0.319. The number of hydrazine groups is 1. The molecule has 39 heavy (non-hydrogen) atoms. The largest absolute Gasteiger partial charge is 0.359 e. The number of allylic oxidation sites excluding steroid dienone is 3. The number of nitrogens with one attached hydrogen (secondary N) is 2. The van der Waals surface area contributed by atoms with Gasteiger partial charge in [0.15, 0.2) is 0 Å². The number of benzene rings is 1. The number of nitrogens with zero attached hydrogens (tertiary/aromatic N) is 4. The van der Waals surface area contributed by atoms with Crippen LogP contribution in [0, 0.1) is 6.92 Å². The molecule has 3 aromatic rings. The van der Waals surface area contributed by atoms with E-state index in [1.54, 1.807) is 5.01 Å². The Morgan fingerprint density at radius 1 is 1.13 bits per heavy atom. The first-order valence-electron chi connectivity index (χ1n) is 13.8. The number of pyridine rings is 1. The quantitative estimate of drug-likeness (QED) is 0.281. The minimum Gasteiger partial charge on any atom is -0.359 e. The predicted molar refractivity (Wildman–Crippen MR) is 164 cm³/mol. The second kappa shape index (κ2) is 10.8. The van der Waals surface area contributed by atoms with Crippen molar-refractivity contribution < 1.29 is 0 Å². The lowest BCUT2D eigenvalue weighted by molar-refractivity contribution is 0.452. The van der Waals surface area contributed by atoms with Gasteiger partial charge in [0.2, 0.25) is 0 Å². The van der Waals surface area contributed by atoms with E-state index >= 15 is 0 Å². The predicted octanol–water partition coefficient (Wildman–Crippen LogP) is 5.49. The monoisotopic (exact) mass is 523 g/mol. The van der Waals surface area contributed by atoms with Crippen molar-refractivity contribution in [3.63, 3.8) is 0 Å². The van der Waals surface area contributed by atoms with Crippen LogP contribution in [0.3, 0.4) is 0 Å². The second-order valence-corrected chi connectivity index (χ2v) is 11.0. The molecule has 1 saturated heterocycles. The summed E-state index contributed by atoms with van der Waals surface area (Å²) < 4.78 is 2.33. The van der Waals surface area contributed by atoms with Crippen molar-refractivity contribution in [2.24, 2.45) is 5.84 Å². The molecule has 0 atom stereocenters. The number of piperazine rings is 1. The van der Waals surface area contributed by atoms with E-state index in [-0.39, 0.29) is 0 Å². The van der Waals surface area contributed by atoms with E-state index in [1.807, 2.05) is 13.1 Å². The van der Waals surface area contributed by atoms with Crippen LogP contribution in [-0.2, 0) is 0 Å². The Morgan fingerprint density at radius 3 is 2.51 bits per heavy atom. The van der Waals surface area contributed by atoms with Gasteiger partial charge >= 0.3 is 0 Å². The zero-order chi connectivity index (χ0) is 27.8. The standard InChI is InChI=1S/C32H41N7/c1-20(2)38-18-22(4)32-28(25(7)39(33)19-29-21(3)14-23(5)36-24(29)6)15-27(16-30(32)38)26-8-9-31(35-17-26)37-12-10-34-11-13-37/h8-9,14-18,20,34,36H,6-7,10-13,19,33H2,1-5H3. The molecule has 7 nitrogen and oxygen atoms in total. The summed E-state index contributed by atoms with van der Waals surface area (Å²) >= 11 is 0. The third kappa shape index (κ3) is 5.24. The van der Waals surface area contributed by atoms with Gasteiger partial charge in [0, 0.05) is 78.0 Å². The number of fused-ring (bicyclic) bond motifs is 1. The van der Waals surface area contributed by atoms with Gasteiger partial charge in [-0.2, -0.15) is 0 Å². The molecule has 4 N–H and O–H groups in total. The molecule has 204 valence electrons. The van der Waals surface area contributed by atoms with Gasteiger partial charge in [0.25, 0.3) is 0 Å². The Balaban J connectivity index is 1.55. The number of rotatable bonds is 7. The Bertz CT molecular complexity index is 1480. The molecule has 1 aromatic carbocycles. The van der Waals surface area contributed by atoms with Crippen molar-refractivity contribution in [1.29, 1.82) is 0 Å². The van der Waals surface area contributed by atoms with Gasteiger partial charge in [-0.25, -0.2) is 10.8 Å². The average molecular weight is 524 g/mol. The van der Waals surface area contributed by atoms with Crippen LogP contribution >= 0.6 is 0 Å². The van der Waals surface area contributed by atoms with E-state index < -0.39 is 0 Å². The molecule has 4 heterocycles. The van der Waals surface area contributed by atoms with Crippen LogP contribution in [0.15, 0.2) is 78.4 Å². The van der Waals surface area contributed by atoms with E-state index in [4.69, 9.17) is 10.8 Å². The molecule has 0 spiro atoms. The summed E-state index contributed by atoms with van der Waals surface area (Å²) in [5.74, 6) is 7.74. The van der Waals surface area contributed by atoms with Crippen LogP contribution < -0.4 is 21.4 Å². The third-order valence-corrected chi connectivity index (χ3v) is 7.81. The molecule has 0 unspecified atom stereocenters. The summed E-state index contributed by atoms with van der Waals surface area (Å²) in [6.45, 7) is 23.9. The maximum Gasteiger partial charge on any atom is 0.128 e. The van der Waals surface area contributed by atoms with Gasteiger partial charge in [-0.3, -0.25) is 0 Å². The van der Waals surface area contributed by atoms with E-state index in [2.05, 4.69) is 97.5 Å². The summed E-state index contributed by atoms with van der Waals surface area (Å²) in [4.78, 5) is 7.17. The SMILES string of the molecule is C=C1NC(C)=CC(C)=C1CN(N)C(=C)c1cc(-c2ccc(N3CCNCC3)nc2)cc2c1c(C)cn2C(C)C. The molecule has 0 bridgehead atoms. The summed E-state index contributed by atoms with van der Waals surface area (Å²) in [7, 11) is 0. The van der Waals surface area contributed by atoms with Crippen molar-refractivity contribution in [3.05, 3.63) is 89.6 Å². The Labute approximate surface area is 232 Å². The Kier molecular flexibility index (Phi) is 7.38. The summed E-state index contributed by atoms with van der Waals surface area (Å²) in [5, 5.41) is 9.67. The highest BCUT2D eigenvalue weighted by Crippen LogP contribution is 2.36. The van der Waals surface area contributed by atoms with Gasteiger partial charge in [-0.15, -0.1) is 0 Å². The maximum atomic E-state index is 6.72. The van der Waals surface area contributed by atoms with Gasteiger partial charge in [-0.05, 0) is 87.2 Å².